The molecule has 1 aromatic carbocycles. The van der Waals surface area contributed by atoms with Gasteiger partial charge in [0, 0.05) is 25.0 Å². The molecule has 5 rings (SSSR count). The average molecular weight is 470 g/mol. The van der Waals surface area contributed by atoms with E-state index in [1.54, 1.807) is 0 Å². The van der Waals surface area contributed by atoms with Crippen LogP contribution in [0.4, 0.5) is 16.4 Å². The highest BCUT2D eigenvalue weighted by Crippen LogP contribution is 2.38. The number of rotatable bonds is 5. The van der Waals surface area contributed by atoms with Crippen molar-refractivity contribution in [2.75, 3.05) is 22.8 Å². The molecule has 0 atom stereocenters. The number of fused-ring (bicyclic) bond motifs is 2. The summed E-state index contributed by atoms with van der Waals surface area (Å²) in [7, 11) is -4.26. The van der Waals surface area contributed by atoms with E-state index in [2.05, 4.69) is 22.0 Å². The molecule has 0 saturated carbocycles. The summed E-state index contributed by atoms with van der Waals surface area (Å²) in [6.07, 6.45) is 12.2. The molecule has 0 radical (unpaired) electrons. The number of hydrogen-bond acceptors (Lipinski definition) is 5. The van der Waals surface area contributed by atoms with Gasteiger partial charge in [-0.25, -0.2) is 13.8 Å². The van der Waals surface area contributed by atoms with E-state index in [1.165, 1.54) is 23.3 Å². The van der Waals surface area contributed by atoms with E-state index in [0.717, 1.165) is 59.6 Å². The Bertz CT molecular complexity index is 1190. The molecule has 1 fully saturated rings. The van der Waals surface area contributed by atoms with Crippen LogP contribution in [-0.2, 0) is 40.6 Å². The van der Waals surface area contributed by atoms with Crippen LogP contribution in [0.3, 0.4) is 0 Å². The fourth-order valence-corrected chi connectivity index (χ4v) is 6.53. The molecule has 174 valence electrons. The summed E-state index contributed by atoms with van der Waals surface area (Å²) < 4.78 is 41.1. The van der Waals surface area contributed by atoms with Crippen molar-refractivity contribution in [2.45, 2.75) is 57.4 Å². The first-order valence-electron chi connectivity index (χ1n) is 11.4. The number of aryl methyl sites for hydroxylation is 2. The Morgan fingerprint density at radius 3 is 2.33 bits per heavy atom. The van der Waals surface area contributed by atoms with Gasteiger partial charge in [-0.15, -0.1) is 6.42 Å². The Kier molecular flexibility index (Phi) is 5.81. The summed E-state index contributed by atoms with van der Waals surface area (Å²) in [6.45, 7) is 0.849. The van der Waals surface area contributed by atoms with E-state index >= 15 is 0 Å². The molecule has 2 heterocycles. The standard InChI is InChI=1S/C24H27N3O5S/c1-2-19-9-10-22(32-19)27(18-11-13-31-14-12-18)33(29,30)26-24(28)25-23-20-7-3-5-16(20)15-17-6-4-8-21(17)23/h1,9-10,15,18H,3-8,11-14H2,(H2,25,26,28). The predicted octanol–water partition coefficient (Wildman–Crippen LogP) is 3.29. The molecule has 3 aliphatic rings. The first kappa shape index (κ1) is 21.9. The fourth-order valence-electron chi connectivity index (χ4n) is 5.21. The molecule has 2 N–H and O–H groups in total. The molecule has 0 unspecified atom stereocenters. The van der Waals surface area contributed by atoms with Crippen LogP contribution in [-0.4, -0.2) is 33.7 Å². The maximum atomic E-state index is 13.4. The third kappa shape index (κ3) is 4.21. The molecule has 9 heteroatoms. The SMILES string of the molecule is C#Cc1ccc(N(C2CCOCC2)S(=O)(=O)NC(=O)Nc2c3c(cc4c2CCC4)CCC3)o1. The fraction of sp³-hybridized carbons (Fsp3) is 0.458. The molecule has 0 bridgehead atoms. The average Bonchev–Trinajstić information content (AvgIpc) is 3.54. The molecule has 2 aliphatic carbocycles. The number of hydrogen-bond donors (Lipinski definition) is 2. The van der Waals surface area contributed by atoms with Gasteiger partial charge in [0.25, 0.3) is 0 Å². The van der Waals surface area contributed by atoms with E-state index in [4.69, 9.17) is 15.6 Å². The quantitative estimate of drug-likeness (QED) is 0.655. The first-order chi connectivity index (χ1) is 16.0. The van der Waals surface area contributed by atoms with Crippen molar-refractivity contribution < 1.29 is 22.4 Å². The minimum absolute atomic E-state index is 0.0802. The number of benzene rings is 1. The molecule has 1 aromatic heterocycles. The van der Waals surface area contributed by atoms with Crippen molar-refractivity contribution in [3.05, 3.63) is 46.2 Å². The van der Waals surface area contributed by atoms with Gasteiger partial charge in [0.1, 0.15) is 0 Å². The summed E-state index contributed by atoms with van der Waals surface area (Å²) in [6, 6.07) is 4.13. The zero-order chi connectivity index (χ0) is 23.0. The summed E-state index contributed by atoms with van der Waals surface area (Å²) in [5.74, 6) is 2.66. The van der Waals surface area contributed by atoms with Crippen molar-refractivity contribution in [3.8, 4) is 12.3 Å². The third-order valence-electron chi connectivity index (χ3n) is 6.67. The maximum absolute atomic E-state index is 13.4. The van der Waals surface area contributed by atoms with Gasteiger partial charge < -0.3 is 14.5 Å². The molecule has 8 nitrogen and oxygen atoms in total. The number of nitrogens with one attached hydrogen (secondary N) is 2. The van der Waals surface area contributed by atoms with Crippen molar-refractivity contribution in [1.82, 2.24) is 4.72 Å². The molecule has 2 aromatic rings. The highest BCUT2D eigenvalue weighted by molar-refractivity contribution is 7.91. The summed E-state index contributed by atoms with van der Waals surface area (Å²) >= 11 is 0. The second-order valence-corrected chi connectivity index (χ2v) is 10.3. The van der Waals surface area contributed by atoms with Gasteiger partial charge >= 0.3 is 16.2 Å². The van der Waals surface area contributed by atoms with Gasteiger partial charge in [-0.05, 0) is 85.6 Å². The molecule has 2 amide bonds. The minimum atomic E-state index is -4.26. The number of terminal acetylenes is 1. The lowest BCUT2D eigenvalue weighted by Gasteiger charge is -2.32. The summed E-state index contributed by atoms with van der Waals surface area (Å²) in [4.78, 5) is 13.0. The van der Waals surface area contributed by atoms with Crippen molar-refractivity contribution in [2.24, 2.45) is 0 Å². The topological polar surface area (TPSA) is 101 Å². The first-order valence-corrected chi connectivity index (χ1v) is 12.8. The molecular weight excluding hydrogens is 442 g/mol. The smallest absolute Gasteiger partial charge is 0.334 e. The van der Waals surface area contributed by atoms with Crippen LogP contribution in [0.2, 0.25) is 0 Å². The summed E-state index contributed by atoms with van der Waals surface area (Å²) in [5.41, 5.74) is 5.57. The largest absolute Gasteiger partial charge is 0.431 e. The lowest BCUT2D eigenvalue weighted by atomic mass is 9.99. The highest BCUT2D eigenvalue weighted by atomic mass is 32.2. The molecule has 0 spiro atoms. The van der Waals surface area contributed by atoms with E-state index in [0.29, 0.717) is 26.1 Å². The van der Waals surface area contributed by atoms with E-state index in [9.17, 15) is 13.2 Å². The van der Waals surface area contributed by atoms with Gasteiger partial charge in [0.15, 0.2) is 5.76 Å². The minimum Gasteiger partial charge on any atom is -0.431 e. The Balaban J connectivity index is 1.41. The second kappa shape index (κ2) is 8.76. The number of ether oxygens (including phenoxy) is 1. The van der Waals surface area contributed by atoms with Crippen molar-refractivity contribution in [3.63, 3.8) is 0 Å². The van der Waals surface area contributed by atoms with Crippen LogP contribution >= 0.6 is 0 Å². The molecular formula is C24H27N3O5S. The Hall–Kier alpha value is -2.96. The van der Waals surface area contributed by atoms with Crippen LogP contribution in [0.15, 0.2) is 22.6 Å². The lowest BCUT2D eigenvalue weighted by Crippen LogP contribution is -2.51. The maximum Gasteiger partial charge on any atom is 0.334 e. The number of carbonyl (C=O) groups is 1. The summed E-state index contributed by atoms with van der Waals surface area (Å²) in [5, 5.41) is 2.88. The zero-order valence-corrected chi connectivity index (χ0v) is 19.2. The normalized spacial score (nSPS) is 17.8. The number of nitrogens with zero attached hydrogens (tertiary/aromatic N) is 1. The van der Waals surface area contributed by atoms with E-state index in [1.807, 2.05) is 0 Å². The number of amides is 2. The van der Waals surface area contributed by atoms with Crippen LogP contribution in [0.1, 0.15) is 53.7 Å². The van der Waals surface area contributed by atoms with E-state index < -0.39 is 22.3 Å². The van der Waals surface area contributed by atoms with Crippen molar-refractivity contribution >= 4 is 27.8 Å². The zero-order valence-electron chi connectivity index (χ0n) is 18.4. The van der Waals surface area contributed by atoms with Gasteiger partial charge in [-0.3, -0.25) is 0 Å². The number of urea groups is 1. The number of furan rings is 1. The Morgan fingerprint density at radius 2 is 1.73 bits per heavy atom. The van der Waals surface area contributed by atoms with Crippen LogP contribution in [0.25, 0.3) is 0 Å². The van der Waals surface area contributed by atoms with Gasteiger partial charge in [0.2, 0.25) is 5.88 Å². The highest BCUT2D eigenvalue weighted by Gasteiger charge is 2.35. The number of anilines is 2. The molecule has 1 aliphatic heterocycles. The van der Waals surface area contributed by atoms with Gasteiger partial charge in [-0.1, -0.05) is 6.07 Å². The Morgan fingerprint density at radius 1 is 1.06 bits per heavy atom. The monoisotopic (exact) mass is 469 g/mol. The second-order valence-electron chi connectivity index (χ2n) is 8.72. The molecule has 1 saturated heterocycles. The van der Waals surface area contributed by atoms with Crippen molar-refractivity contribution in [1.29, 1.82) is 0 Å². The van der Waals surface area contributed by atoms with Gasteiger partial charge in [0.05, 0.1) is 6.04 Å². The lowest BCUT2D eigenvalue weighted by molar-refractivity contribution is 0.0869. The predicted molar refractivity (Wildman–Crippen MR) is 125 cm³/mol. The molecule has 33 heavy (non-hydrogen) atoms. The van der Waals surface area contributed by atoms with Gasteiger partial charge in [-0.2, -0.15) is 8.42 Å². The van der Waals surface area contributed by atoms with Crippen LogP contribution in [0.5, 0.6) is 0 Å². The Labute approximate surface area is 193 Å². The van der Waals surface area contributed by atoms with E-state index in [-0.39, 0.29) is 11.6 Å². The number of carbonyl (C=O) groups excluding carboxylic acids is 1. The third-order valence-corrected chi connectivity index (χ3v) is 8.11. The van der Waals surface area contributed by atoms with Crippen LogP contribution < -0.4 is 14.3 Å². The van der Waals surface area contributed by atoms with Crippen LogP contribution in [0, 0.1) is 12.3 Å².